The van der Waals surface area contributed by atoms with Gasteiger partial charge in [-0.3, -0.25) is 14.7 Å². The highest BCUT2D eigenvalue weighted by Crippen LogP contribution is 2.13. The minimum atomic E-state index is -0.333. The first-order valence-corrected chi connectivity index (χ1v) is 7.54. The average Bonchev–Trinajstić information content (AvgIpc) is 2.80. The summed E-state index contributed by atoms with van der Waals surface area (Å²) >= 11 is 1.66. The van der Waals surface area contributed by atoms with E-state index in [-0.39, 0.29) is 17.9 Å². The Kier molecular flexibility index (Phi) is 4.99. The third kappa shape index (κ3) is 4.09. The zero-order chi connectivity index (χ0) is 15.2. The van der Waals surface area contributed by atoms with Crippen molar-refractivity contribution in [1.82, 2.24) is 15.6 Å². The molecule has 0 aliphatic heterocycles. The van der Waals surface area contributed by atoms with Gasteiger partial charge in [0.1, 0.15) is 0 Å². The molecule has 1 aromatic carbocycles. The number of nitrogens with zero attached hydrogens (tertiary/aromatic N) is 1. The monoisotopic (exact) mass is 304 g/mol. The van der Waals surface area contributed by atoms with Crippen molar-refractivity contribution >= 4 is 23.9 Å². The number of nitrogens with one attached hydrogen (secondary N) is 3. The largest absolute Gasteiger partial charge is 0.302 e. The molecule has 2 rings (SSSR count). The van der Waals surface area contributed by atoms with Crippen LogP contribution in [0.3, 0.4) is 0 Å². The van der Waals surface area contributed by atoms with Crippen LogP contribution in [0, 0.1) is 6.92 Å². The Labute approximate surface area is 126 Å². The number of rotatable bonds is 5. The normalized spacial score (nSPS) is 11.0. The van der Waals surface area contributed by atoms with Crippen LogP contribution in [-0.2, 0) is 11.2 Å². The lowest BCUT2D eigenvalue weighted by Gasteiger charge is -1.99. The molecule has 0 aliphatic carbocycles. The minimum Gasteiger partial charge on any atom is -0.302 e. The standard InChI is InChI=1S/C14H16N4O2S/c1-9-12(14(20)18-16-9)7-13(19)17-15-8-10-3-5-11(21-2)6-4-10/h3-6,8H,7H2,1-2H3,(H,17,19)(H2,16,18,20)/b15-8+. The molecule has 1 heterocycles. The van der Waals surface area contributed by atoms with Crippen molar-refractivity contribution in [1.29, 1.82) is 0 Å². The molecule has 3 N–H and O–H groups in total. The molecule has 0 aliphatic rings. The van der Waals surface area contributed by atoms with E-state index in [0.29, 0.717) is 11.3 Å². The highest BCUT2D eigenvalue weighted by molar-refractivity contribution is 7.98. The molecule has 7 heteroatoms. The number of amides is 1. The first kappa shape index (κ1) is 15.1. The van der Waals surface area contributed by atoms with E-state index >= 15 is 0 Å². The number of aromatic amines is 2. The molecule has 110 valence electrons. The second-order valence-corrected chi connectivity index (χ2v) is 5.31. The number of hydrazone groups is 1. The molecule has 21 heavy (non-hydrogen) atoms. The fourth-order valence-electron chi connectivity index (χ4n) is 1.75. The van der Waals surface area contributed by atoms with Gasteiger partial charge in [0.05, 0.1) is 12.6 Å². The summed E-state index contributed by atoms with van der Waals surface area (Å²) in [4.78, 5) is 24.3. The van der Waals surface area contributed by atoms with Gasteiger partial charge in [0.25, 0.3) is 5.56 Å². The molecule has 0 spiro atoms. The Morgan fingerprint density at radius 1 is 1.33 bits per heavy atom. The van der Waals surface area contributed by atoms with E-state index in [0.717, 1.165) is 5.56 Å². The third-order valence-corrected chi connectivity index (χ3v) is 3.69. The molecule has 0 unspecified atom stereocenters. The number of aryl methyl sites for hydroxylation is 1. The van der Waals surface area contributed by atoms with Gasteiger partial charge in [0.15, 0.2) is 0 Å². The van der Waals surface area contributed by atoms with E-state index in [2.05, 4.69) is 20.7 Å². The Balaban J connectivity index is 1.91. The van der Waals surface area contributed by atoms with Crippen molar-refractivity contribution in [2.45, 2.75) is 18.2 Å². The van der Waals surface area contributed by atoms with Crippen molar-refractivity contribution in [2.75, 3.05) is 6.26 Å². The first-order valence-electron chi connectivity index (χ1n) is 6.32. The number of benzene rings is 1. The van der Waals surface area contributed by atoms with Gasteiger partial charge in [-0.1, -0.05) is 12.1 Å². The maximum absolute atomic E-state index is 11.7. The van der Waals surface area contributed by atoms with Gasteiger partial charge in [-0.15, -0.1) is 11.8 Å². The number of hydrogen-bond donors (Lipinski definition) is 3. The van der Waals surface area contributed by atoms with Crippen molar-refractivity contribution in [3.05, 3.63) is 51.4 Å². The third-order valence-electron chi connectivity index (χ3n) is 2.95. The molecule has 1 aromatic heterocycles. The predicted octanol–water partition coefficient (Wildman–Crippen LogP) is 1.43. The molecule has 0 atom stereocenters. The van der Waals surface area contributed by atoms with Crippen LogP contribution in [0.15, 0.2) is 39.1 Å². The van der Waals surface area contributed by atoms with Crippen molar-refractivity contribution in [3.8, 4) is 0 Å². The number of H-pyrrole nitrogens is 2. The van der Waals surface area contributed by atoms with Crippen LogP contribution in [0.1, 0.15) is 16.8 Å². The van der Waals surface area contributed by atoms with E-state index < -0.39 is 0 Å². The molecular weight excluding hydrogens is 288 g/mol. The second-order valence-electron chi connectivity index (χ2n) is 4.43. The molecule has 0 saturated heterocycles. The number of carbonyl (C=O) groups excluding carboxylic acids is 1. The van der Waals surface area contributed by atoms with Crippen LogP contribution in [0.2, 0.25) is 0 Å². The van der Waals surface area contributed by atoms with Crippen molar-refractivity contribution < 1.29 is 4.79 Å². The fraction of sp³-hybridized carbons (Fsp3) is 0.214. The Bertz CT molecular complexity index is 701. The summed E-state index contributed by atoms with van der Waals surface area (Å²) in [5, 5.41) is 8.99. The molecule has 0 bridgehead atoms. The zero-order valence-electron chi connectivity index (χ0n) is 11.8. The second kappa shape index (κ2) is 6.94. The molecule has 0 radical (unpaired) electrons. The van der Waals surface area contributed by atoms with E-state index in [1.54, 1.807) is 24.9 Å². The van der Waals surface area contributed by atoms with Crippen LogP contribution < -0.4 is 11.0 Å². The lowest BCUT2D eigenvalue weighted by atomic mass is 10.2. The number of hydrogen-bond acceptors (Lipinski definition) is 4. The first-order chi connectivity index (χ1) is 10.1. The minimum absolute atomic E-state index is 0.00653. The average molecular weight is 304 g/mol. The Morgan fingerprint density at radius 3 is 2.62 bits per heavy atom. The van der Waals surface area contributed by atoms with Gasteiger partial charge >= 0.3 is 0 Å². The fourth-order valence-corrected chi connectivity index (χ4v) is 2.16. The summed E-state index contributed by atoms with van der Waals surface area (Å²) < 4.78 is 0. The van der Waals surface area contributed by atoms with E-state index in [9.17, 15) is 9.59 Å². The molecule has 0 saturated carbocycles. The molecule has 1 amide bonds. The lowest BCUT2D eigenvalue weighted by Crippen LogP contribution is -2.23. The topological polar surface area (TPSA) is 90.1 Å². The van der Waals surface area contributed by atoms with E-state index in [1.165, 1.54) is 4.90 Å². The van der Waals surface area contributed by atoms with Gasteiger partial charge in [-0.25, -0.2) is 5.43 Å². The van der Waals surface area contributed by atoms with E-state index in [1.807, 2.05) is 30.5 Å². The highest BCUT2D eigenvalue weighted by atomic mass is 32.2. The molecular formula is C14H16N4O2S. The Hall–Kier alpha value is -2.28. The summed E-state index contributed by atoms with van der Waals surface area (Å²) in [5.41, 5.74) is 4.11. The van der Waals surface area contributed by atoms with Gasteiger partial charge < -0.3 is 5.10 Å². The summed E-state index contributed by atoms with van der Waals surface area (Å²) in [6.07, 6.45) is 3.57. The number of carbonyl (C=O) groups is 1. The van der Waals surface area contributed by atoms with Crippen molar-refractivity contribution in [2.24, 2.45) is 5.10 Å². The highest BCUT2D eigenvalue weighted by Gasteiger charge is 2.10. The van der Waals surface area contributed by atoms with Crippen LogP contribution >= 0.6 is 11.8 Å². The zero-order valence-corrected chi connectivity index (χ0v) is 12.6. The maximum atomic E-state index is 11.7. The quantitative estimate of drug-likeness (QED) is 0.443. The molecule has 2 aromatic rings. The number of aromatic nitrogens is 2. The lowest BCUT2D eigenvalue weighted by molar-refractivity contribution is -0.120. The number of thioether (sulfide) groups is 1. The van der Waals surface area contributed by atoms with Gasteiger partial charge in [0, 0.05) is 16.2 Å². The summed E-state index contributed by atoms with van der Waals surface area (Å²) in [6.45, 7) is 1.73. The van der Waals surface area contributed by atoms with Crippen LogP contribution in [-0.4, -0.2) is 28.6 Å². The predicted molar refractivity (Wildman–Crippen MR) is 83.8 cm³/mol. The van der Waals surface area contributed by atoms with Gasteiger partial charge in [0.2, 0.25) is 5.91 Å². The van der Waals surface area contributed by atoms with Crippen LogP contribution in [0.25, 0.3) is 0 Å². The van der Waals surface area contributed by atoms with Gasteiger partial charge in [-0.05, 0) is 30.9 Å². The summed E-state index contributed by atoms with van der Waals surface area (Å²) in [6, 6.07) is 7.80. The summed E-state index contributed by atoms with van der Waals surface area (Å²) in [7, 11) is 0. The smallest absolute Gasteiger partial charge is 0.267 e. The summed E-state index contributed by atoms with van der Waals surface area (Å²) in [5.74, 6) is -0.333. The van der Waals surface area contributed by atoms with Crippen LogP contribution in [0.5, 0.6) is 0 Å². The van der Waals surface area contributed by atoms with Crippen molar-refractivity contribution in [3.63, 3.8) is 0 Å². The van der Waals surface area contributed by atoms with E-state index in [4.69, 9.17) is 0 Å². The maximum Gasteiger partial charge on any atom is 0.267 e. The Morgan fingerprint density at radius 2 is 2.05 bits per heavy atom. The molecule has 0 fully saturated rings. The SMILES string of the molecule is CSc1ccc(/C=N/NC(=O)Cc2c(C)[nH][nH]c2=O)cc1. The molecule has 6 nitrogen and oxygen atoms in total. The van der Waals surface area contributed by atoms with Gasteiger partial charge in [-0.2, -0.15) is 5.10 Å². The van der Waals surface area contributed by atoms with Crippen LogP contribution in [0.4, 0.5) is 0 Å².